The van der Waals surface area contributed by atoms with Crippen molar-refractivity contribution in [2.24, 2.45) is 0 Å². The lowest BCUT2D eigenvalue weighted by molar-refractivity contribution is -0.121. The zero-order chi connectivity index (χ0) is 16.1. The quantitative estimate of drug-likeness (QED) is 0.319. The maximum absolute atomic E-state index is 11.3. The summed E-state index contributed by atoms with van der Waals surface area (Å²) < 4.78 is 31.5. The lowest BCUT2D eigenvalue weighted by Gasteiger charge is -2.16. The monoisotopic (exact) mass is 319 g/mol. The van der Waals surface area contributed by atoms with E-state index >= 15 is 0 Å². The molecule has 0 aliphatic heterocycles. The van der Waals surface area contributed by atoms with E-state index in [0.717, 1.165) is 25.3 Å². The van der Waals surface area contributed by atoms with Gasteiger partial charge in [-0.05, 0) is 12.5 Å². The van der Waals surface area contributed by atoms with Crippen LogP contribution in [0.25, 0.3) is 0 Å². The van der Waals surface area contributed by atoms with Gasteiger partial charge in [-0.2, -0.15) is 8.42 Å². The maximum Gasteiger partial charge on any atom is 0.362 e. The Bertz CT molecular complexity index is 392. The molecule has 21 heavy (non-hydrogen) atoms. The molecule has 5 nitrogen and oxygen atoms in total. The predicted octanol–water partition coefficient (Wildman–Crippen LogP) is 3.72. The van der Waals surface area contributed by atoms with Crippen molar-refractivity contribution in [3.8, 4) is 0 Å². The Morgan fingerprint density at radius 3 is 1.81 bits per heavy atom. The average Bonchev–Trinajstić information content (AvgIpc) is 2.42. The molecular formula is C15H29NO4S. The number of carbonyl (C=O) groups excluding carboxylic acids is 1. The van der Waals surface area contributed by atoms with Gasteiger partial charge in [0, 0.05) is 6.54 Å². The molecule has 0 aromatic rings. The molecule has 0 aliphatic rings. The van der Waals surface area contributed by atoms with Gasteiger partial charge in [0.1, 0.15) is 0 Å². The van der Waals surface area contributed by atoms with Crippen LogP contribution in [0, 0.1) is 0 Å². The molecule has 0 unspecified atom stereocenters. The van der Waals surface area contributed by atoms with Crippen LogP contribution in [0.5, 0.6) is 0 Å². The van der Waals surface area contributed by atoms with Gasteiger partial charge >= 0.3 is 10.3 Å². The summed E-state index contributed by atoms with van der Waals surface area (Å²) in [6.07, 6.45) is 12.1. The Morgan fingerprint density at radius 2 is 1.43 bits per heavy atom. The SMILES string of the molecule is C=CC(=O)N(CCCCCCCCCCCC)S(=O)(=O)O. The molecule has 6 heteroatoms. The lowest BCUT2D eigenvalue weighted by Crippen LogP contribution is -2.35. The molecule has 0 aromatic carbocycles. The van der Waals surface area contributed by atoms with Crippen molar-refractivity contribution in [2.45, 2.75) is 71.1 Å². The van der Waals surface area contributed by atoms with Crippen LogP contribution < -0.4 is 0 Å². The van der Waals surface area contributed by atoms with Gasteiger partial charge in [-0.25, -0.2) is 4.31 Å². The second-order valence-electron chi connectivity index (χ2n) is 5.27. The first-order valence-corrected chi connectivity index (χ1v) is 9.24. The summed E-state index contributed by atoms with van der Waals surface area (Å²) >= 11 is 0. The largest absolute Gasteiger partial charge is 0.362 e. The summed E-state index contributed by atoms with van der Waals surface area (Å²) in [4.78, 5) is 11.3. The number of nitrogens with zero attached hydrogens (tertiary/aromatic N) is 1. The van der Waals surface area contributed by atoms with Crippen LogP contribution in [0.2, 0.25) is 0 Å². The van der Waals surface area contributed by atoms with Gasteiger partial charge < -0.3 is 0 Å². The van der Waals surface area contributed by atoms with E-state index in [1.54, 1.807) is 0 Å². The fraction of sp³-hybridized carbons (Fsp3) is 0.800. The van der Waals surface area contributed by atoms with E-state index in [2.05, 4.69) is 13.5 Å². The fourth-order valence-corrected chi connectivity index (χ4v) is 2.85. The number of hydrogen-bond donors (Lipinski definition) is 1. The second kappa shape index (κ2) is 11.7. The highest BCUT2D eigenvalue weighted by atomic mass is 32.2. The Hall–Kier alpha value is -0.880. The van der Waals surface area contributed by atoms with Crippen LogP contribution in [0.15, 0.2) is 12.7 Å². The van der Waals surface area contributed by atoms with Crippen molar-refractivity contribution in [3.05, 3.63) is 12.7 Å². The van der Waals surface area contributed by atoms with Crippen molar-refractivity contribution in [1.82, 2.24) is 4.31 Å². The molecule has 0 rings (SSSR count). The molecule has 0 fully saturated rings. The van der Waals surface area contributed by atoms with E-state index in [-0.39, 0.29) is 6.54 Å². The molecule has 0 saturated carbocycles. The molecule has 0 aliphatic carbocycles. The Morgan fingerprint density at radius 1 is 1.00 bits per heavy atom. The van der Waals surface area contributed by atoms with Crippen LogP contribution in [0.4, 0.5) is 0 Å². The van der Waals surface area contributed by atoms with E-state index in [9.17, 15) is 13.2 Å². The first-order chi connectivity index (χ1) is 9.93. The molecular weight excluding hydrogens is 290 g/mol. The molecule has 1 amide bonds. The highest BCUT2D eigenvalue weighted by molar-refractivity contribution is 7.84. The second-order valence-corrected chi connectivity index (χ2v) is 6.61. The Labute approximate surface area is 129 Å². The van der Waals surface area contributed by atoms with Crippen LogP contribution in [-0.2, 0) is 15.1 Å². The molecule has 0 atom stereocenters. The topological polar surface area (TPSA) is 74.7 Å². The van der Waals surface area contributed by atoms with E-state index in [4.69, 9.17) is 4.55 Å². The normalized spacial score (nSPS) is 11.3. The van der Waals surface area contributed by atoms with E-state index in [1.165, 1.54) is 38.5 Å². The molecule has 0 heterocycles. The zero-order valence-electron chi connectivity index (χ0n) is 13.1. The van der Waals surface area contributed by atoms with Gasteiger partial charge in [0.25, 0.3) is 5.91 Å². The lowest BCUT2D eigenvalue weighted by atomic mass is 10.1. The Kier molecular flexibility index (Phi) is 11.3. The van der Waals surface area contributed by atoms with E-state index in [0.29, 0.717) is 10.7 Å². The third-order valence-corrected chi connectivity index (χ3v) is 4.33. The highest BCUT2D eigenvalue weighted by Crippen LogP contribution is 2.11. The van der Waals surface area contributed by atoms with Crippen LogP contribution in [0.1, 0.15) is 71.1 Å². The number of amides is 1. The van der Waals surface area contributed by atoms with Gasteiger partial charge in [-0.15, -0.1) is 0 Å². The molecule has 124 valence electrons. The van der Waals surface area contributed by atoms with Gasteiger partial charge in [0.15, 0.2) is 0 Å². The molecule has 0 spiro atoms. The summed E-state index contributed by atoms with van der Waals surface area (Å²) in [7, 11) is -4.47. The van der Waals surface area contributed by atoms with Crippen molar-refractivity contribution in [2.75, 3.05) is 6.54 Å². The van der Waals surface area contributed by atoms with Crippen molar-refractivity contribution < 1.29 is 17.8 Å². The van der Waals surface area contributed by atoms with E-state index < -0.39 is 16.2 Å². The molecule has 0 bridgehead atoms. The third kappa shape index (κ3) is 10.5. The van der Waals surface area contributed by atoms with Crippen LogP contribution in [-0.4, -0.2) is 29.7 Å². The molecule has 1 N–H and O–H groups in total. The van der Waals surface area contributed by atoms with Crippen LogP contribution >= 0.6 is 0 Å². The maximum atomic E-state index is 11.3. The highest BCUT2D eigenvalue weighted by Gasteiger charge is 2.22. The standard InChI is InChI=1S/C15H29NO4S/c1-3-5-6-7-8-9-10-11-12-13-14-16(15(17)4-2)21(18,19)20/h4H,2-3,5-14H2,1H3,(H,18,19,20). The number of carbonyl (C=O) groups is 1. The smallest absolute Gasteiger partial charge is 0.269 e. The average molecular weight is 319 g/mol. The van der Waals surface area contributed by atoms with Gasteiger partial charge in [0.05, 0.1) is 0 Å². The van der Waals surface area contributed by atoms with Crippen molar-refractivity contribution >= 4 is 16.2 Å². The first-order valence-electron chi connectivity index (χ1n) is 7.85. The molecule has 0 saturated heterocycles. The van der Waals surface area contributed by atoms with Gasteiger partial charge in [0.2, 0.25) is 0 Å². The molecule has 0 radical (unpaired) electrons. The summed E-state index contributed by atoms with van der Waals surface area (Å²) in [5, 5.41) is 0. The van der Waals surface area contributed by atoms with Gasteiger partial charge in [-0.3, -0.25) is 9.35 Å². The number of hydrogen-bond acceptors (Lipinski definition) is 3. The third-order valence-electron chi connectivity index (χ3n) is 3.41. The number of rotatable bonds is 13. The summed E-state index contributed by atoms with van der Waals surface area (Å²) in [6, 6.07) is 0. The minimum absolute atomic E-state index is 0.0141. The molecule has 0 aromatic heterocycles. The summed E-state index contributed by atoms with van der Waals surface area (Å²) in [5.41, 5.74) is 0. The summed E-state index contributed by atoms with van der Waals surface area (Å²) in [6.45, 7) is 5.44. The fourth-order valence-electron chi connectivity index (χ4n) is 2.18. The van der Waals surface area contributed by atoms with Crippen molar-refractivity contribution in [3.63, 3.8) is 0 Å². The summed E-state index contributed by atoms with van der Waals surface area (Å²) in [5.74, 6) is -0.784. The van der Waals surface area contributed by atoms with Gasteiger partial charge in [-0.1, -0.05) is 71.3 Å². The zero-order valence-corrected chi connectivity index (χ0v) is 13.9. The van der Waals surface area contributed by atoms with Crippen molar-refractivity contribution in [1.29, 1.82) is 0 Å². The minimum atomic E-state index is -4.47. The van der Waals surface area contributed by atoms with Crippen LogP contribution in [0.3, 0.4) is 0 Å². The predicted molar refractivity (Wildman–Crippen MR) is 85.3 cm³/mol. The minimum Gasteiger partial charge on any atom is -0.269 e. The first kappa shape index (κ1) is 20.1. The van der Waals surface area contributed by atoms with E-state index in [1.807, 2.05) is 0 Å². The number of unbranched alkanes of at least 4 members (excludes halogenated alkanes) is 9. The Balaban J connectivity index is 3.69.